The molecule has 0 atom stereocenters. The van der Waals surface area contributed by atoms with Crippen molar-refractivity contribution >= 4 is 28.8 Å². The van der Waals surface area contributed by atoms with Crippen molar-refractivity contribution in [1.82, 2.24) is 9.78 Å². The van der Waals surface area contributed by atoms with Gasteiger partial charge in [-0.05, 0) is 48.3 Å². The van der Waals surface area contributed by atoms with E-state index in [9.17, 15) is 0 Å². The Kier molecular flexibility index (Phi) is 5.68. The maximum Gasteiger partial charge on any atom is 0.176 e. The highest BCUT2D eigenvalue weighted by Gasteiger charge is 2.04. The lowest BCUT2D eigenvalue weighted by Crippen LogP contribution is -2.19. The fourth-order valence-corrected chi connectivity index (χ4v) is 2.85. The third kappa shape index (κ3) is 4.92. The lowest BCUT2D eigenvalue weighted by molar-refractivity contribution is 0.690. The van der Waals surface area contributed by atoms with Crippen LogP contribution in [0.15, 0.2) is 60.8 Å². The number of benzene rings is 2. The highest BCUT2D eigenvalue weighted by molar-refractivity contribution is 7.80. The van der Waals surface area contributed by atoms with E-state index in [1.807, 2.05) is 29.1 Å². The van der Waals surface area contributed by atoms with Gasteiger partial charge < -0.3 is 10.6 Å². The summed E-state index contributed by atoms with van der Waals surface area (Å²) in [6.45, 7) is 7.19. The number of aryl methyl sites for hydroxylation is 1. The van der Waals surface area contributed by atoms with Crippen LogP contribution in [0, 0.1) is 6.92 Å². The number of rotatable bonds is 5. The maximum absolute atomic E-state index is 5.38. The van der Waals surface area contributed by atoms with Gasteiger partial charge in [0, 0.05) is 18.0 Å². The zero-order chi connectivity index (χ0) is 18.5. The molecule has 1 heterocycles. The Hall–Kier alpha value is -2.66. The zero-order valence-corrected chi connectivity index (χ0v) is 16.2. The average molecular weight is 365 g/mol. The smallest absolute Gasteiger partial charge is 0.176 e. The highest BCUT2D eigenvalue weighted by atomic mass is 32.1. The Morgan fingerprint density at radius 2 is 1.69 bits per heavy atom. The van der Waals surface area contributed by atoms with Crippen molar-refractivity contribution in [2.75, 3.05) is 10.6 Å². The molecule has 0 fully saturated rings. The third-order valence-electron chi connectivity index (χ3n) is 4.18. The Bertz CT molecular complexity index is 864. The molecule has 0 saturated carbocycles. The van der Waals surface area contributed by atoms with E-state index in [4.69, 9.17) is 12.2 Å². The van der Waals surface area contributed by atoms with Crippen molar-refractivity contribution in [3.05, 3.63) is 77.5 Å². The van der Waals surface area contributed by atoms with Crippen LogP contribution in [0.4, 0.5) is 11.5 Å². The lowest BCUT2D eigenvalue weighted by atomic mass is 10.0. The van der Waals surface area contributed by atoms with Gasteiger partial charge in [-0.15, -0.1) is 0 Å². The van der Waals surface area contributed by atoms with Crippen molar-refractivity contribution in [3.63, 3.8) is 0 Å². The molecule has 3 rings (SSSR count). The molecule has 134 valence electrons. The maximum atomic E-state index is 5.38. The number of nitrogens with zero attached hydrogens (tertiary/aromatic N) is 2. The summed E-state index contributed by atoms with van der Waals surface area (Å²) < 4.78 is 1.90. The second kappa shape index (κ2) is 8.15. The van der Waals surface area contributed by atoms with Crippen LogP contribution in [-0.4, -0.2) is 14.9 Å². The van der Waals surface area contributed by atoms with Crippen LogP contribution >= 0.6 is 12.2 Å². The van der Waals surface area contributed by atoms with E-state index in [2.05, 4.69) is 72.9 Å². The number of nitrogens with one attached hydrogen (secondary N) is 2. The monoisotopic (exact) mass is 364 g/mol. The minimum Gasteiger partial charge on any atom is -0.332 e. The molecular formula is C21H24N4S. The first-order chi connectivity index (χ1) is 12.5. The Labute approximate surface area is 160 Å². The van der Waals surface area contributed by atoms with Gasteiger partial charge in [-0.3, -0.25) is 4.68 Å². The first kappa shape index (κ1) is 18.1. The van der Waals surface area contributed by atoms with Gasteiger partial charge in [0.05, 0.1) is 6.54 Å². The standard InChI is InChI=1S/C21H24N4S/c1-15(2)18-8-10-19(11-9-18)22-21(26)23-20-12-13-25(24-20)14-17-6-4-16(3)5-7-17/h4-13,15H,14H2,1-3H3,(H2,22,23,24,26). The summed E-state index contributed by atoms with van der Waals surface area (Å²) in [7, 11) is 0. The first-order valence-corrected chi connectivity index (χ1v) is 9.17. The van der Waals surface area contributed by atoms with Crippen molar-refractivity contribution in [3.8, 4) is 0 Å². The summed E-state index contributed by atoms with van der Waals surface area (Å²) in [5.41, 5.74) is 4.75. The molecule has 0 spiro atoms. The normalized spacial score (nSPS) is 10.8. The molecule has 0 aliphatic carbocycles. The molecule has 0 unspecified atom stereocenters. The summed E-state index contributed by atoms with van der Waals surface area (Å²) in [5, 5.41) is 11.4. The summed E-state index contributed by atoms with van der Waals surface area (Å²) in [6.07, 6.45) is 1.95. The summed E-state index contributed by atoms with van der Waals surface area (Å²) >= 11 is 5.38. The Morgan fingerprint density at radius 3 is 2.35 bits per heavy atom. The van der Waals surface area contributed by atoms with Crippen molar-refractivity contribution in [1.29, 1.82) is 0 Å². The van der Waals surface area contributed by atoms with E-state index in [0.29, 0.717) is 11.0 Å². The summed E-state index contributed by atoms with van der Waals surface area (Å²) in [6, 6.07) is 18.7. The molecule has 2 aromatic carbocycles. The fraction of sp³-hybridized carbons (Fsp3) is 0.238. The molecule has 0 aliphatic rings. The van der Waals surface area contributed by atoms with Gasteiger partial charge in [0.1, 0.15) is 0 Å². The lowest BCUT2D eigenvalue weighted by Gasteiger charge is -2.10. The topological polar surface area (TPSA) is 41.9 Å². The summed E-state index contributed by atoms with van der Waals surface area (Å²) in [4.78, 5) is 0. The average Bonchev–Trinajstić information content (AvgIpc) is 3.04. The molecule has 26 heavy (non-hydrogen) atoms. The van der Waals surface area contributed by atoms with E-state index < -0.39 is 0 Å². The van der Waals surface area contributed by atoms with Crippen LogP contribution in [-0.2, 0) is 6.54 Å². The predicted molar refractivity (Wildman–Crippen MR) is 113 cm³/mol. The molecule has 5 heteroatoms. The third-order valence-corrected chi connectivity index (χ3v) is 4.39. The van der Waals surface area contributed by atoms with Crippen LogP contribution in [0.5, 0.6) is 0 Å². The molecule has 0 saturated heterocycles. The van der Waals surface area contributed by atoms with Crippen LogP contribution in [0.3, 0.4) is 0 Å². The Morgan fingerprint density at radius 1 is 1.00 bits per heavy atom. The minimum absolute atomic E-state index is 0.520. The van der Waals surface area contributed by atoms with Crippen LogP contribution < -0.4 is 10.6 Å². The largest absolute Gasteiger partial charge is 0.332 e. The molecular weight excluding hydrogens is 340 g/mol. The van der Waals surface area contributed by atoms with Gasteiger partial charge in [-0.1, -0.05) is 55.8 Å². The molecule has 0 amide bonds. The number of hydrogen-bond acceptors (Lipinski definition) is 2. The van der Waals surface area contributed by atoms with Gasteiger partial charge in [0.2, 0.25) is 0 Å². The van der Waals surface area contributed by atoms with E-state index in [1.165, 1.54) is 16.7 Å². The number of aromatic nitrogens is 2. The molecule has 3 aromatic rings. The second-order valence-electron chi connectivity index (χ2n) is 6.74. The van der Waals surface area contributed by atoms with Gasteiger partial charge in [0.15, 0.2) is 10.9 Å². The second-order valence-corrected chi connectivity index (χ2v) is 7.15. The SMILES string of the molecule is Cc1ccc(Cn2ccc(NC(=S)Nc3ccc(C(C)C)cc3)n2)cc1. The highest BCUT2D eigenvalue weighted by Crippen LogP contribution is 2.17. The predicted octanol–water partition coefficient (Wildman–Crippen LogP) is 5.17. The molecule has 0 radical (unpaired) electrons. The minimum atomic E-state index is 0.520. The van der Waals surface area contributed by atoms with Crippen molar-refractivity contribution < 1.29 is 0 Å². The van der Waals surface area contributed by atoms with E-state index in [0.717, 1.165) is 18.1 Å². The molecule has 4 nitrogen and oxygen atoms in total. The van der Waals surface area contributed by atoms with Crippen molar-refractivity contribution in [2.45, 2.75) is 33.2 Å². The number of thiocarbonyl (C=S) groups is 1. The Balaban J connectivity index is 1.56. The van der Waals surface area contributed by atoms with E-state index in [-0.39, 0.29) is 0 Å². The summed E-state index contributed by atoms with van der Waals surface area (Å²) in [5.74, 6) is 1.25. The fourth-order valence-electron chi connectivity index (χ4n) is 2.63. The van der Waals surface area contributed by atoms with Crippen molar-refractivity contribution in [2.24, 2.45) is 0 Å². The van der Waals surface area contributed by atoms with E-state index >= 15 is 0 Å². The molecule has 0 aliphatic heterocycles. The number of hydrogen-bond donors (Lipinski definition) is 2. The van der Waals surface area contributed by atoms with E-state index in [1.54, 1.807) is 0 Å². The zero-order valence-electron chi connectivity index (χ0n) is 15.4. The molecule has 2 N–H and O–H groups in total. The quantitative estimate of drug-likeness (QED) is 0.613. The molecule has 1 aromatic heterocycles. The van der Waals surface area contributed by atoms with Crippen LogP contribution in [0.25, 0.3) is 0 Å². The van der Waals surface area contributed by atoms with Gasteiger partial charge in [-0.2, -0.15) is 5.10 Å². The van der Waals surface area contributed by atoms with Crippen LogP contribution in [0.2, 0.25) is 0 Å². The van der Waals surface area contributed by atoms with Gasteiger partial charge in [-0.25, -0.2) is 0 Å². The van der Waals surface area contributed by atoms with Gasteiger partial charge >= 0.3 is 0 Å². The first-order valence-electron chi connectivity index (χ1n) is 8.76. The van der Waals surface area contributed by atoms with Gasteiger partial charge in [0.25, 0.3) is 0 Å². The number of anilines is 2. The molecule has 0 bridgehead atoms. The van der Waals surface area contributed by atoms with Crippen LogP contribution in [0.1, 0.15) is 36.5 Å².